The van der Waals surface area contributed by atoms with E-state index in [0.717, 1.165) is 51.6 Å². The van der Waals surface area contributed by atoms with Crippen LogP contribution < -0.4 is 5.32 Å². The van der Waals surface area contributed by atoms with Gasteiger partial charge in [0.1, 0.15) is 5.54 Å². The summed E-state index contributed by atoms with van der Waals surface area (Å²) in [4.78, 5) is 11.6. The Labute approximate surface area is 109 Å². The molecule has 0 radical (unpaired) electrons. The van der Waals surface area contributed by atoms with Crippen LogP contribution in [0.1, 0.15) is 58.3 Å². The lowest BCUT2D eigenvalue weighted by molar-refractivity contribution is -0.149. The fourth-order valence-electron chi connectivity index (χ4n) is 2.77. The van der Waals surface area contributed by atoms with Crippen molar-refractivity contribution in [2.75, 3.05) is 6.61 Å². The number of carbonyl (C=O) groups is 1. The van der Waals surface area contributed by atoms with Crippen LogP contribution in [0.5, 0.6) is 0 Å². The van der Waals surface area contributed by atoms with Gasteiger partial charge in [-0.15, -0.1) is 0 Å². The first-order valence-electron chi connectivity index (χ1n) is 7.29. The van der Waals surface area contributed by atoms with Crippen LogP contribution in [0, 0.1) is 0 Å². The molecule has 0 amide bonds. The predicted molar refractivity (Wildman–Crippen MR) is 69.6 cm³/mol. The second kappa shape index (κ2) is 6.02. The van der Waals surface area contributed by atoms with Crippen molar-refractivity contribution in [3.05, 3.63) is 0 Å². The number of ether oxygens (including phenoxy) is 1. The first kappa shape index (κ1) is 13.8. The third-order valence-corrected chi connectivity index (χ3v) is 4.02. The first-order valence-corrected chi connectivity index (χ1v) is 7.29. The highest BCUT2D eigenvalue weighted by Gasteiger charge is 2.46. The van der Waals surface area contributed by atoms with Crippen molar-refractivity contribution in [3.8, 4) is 0 Å². The van der Waals surface area contributed by atoms with Crippen molar-refractivity contribution in [2.24, 2.45) is 0 Å². The molecular weight excluding hydrogens is 230 g/mol. The highest BCUT2D eigenvalue weighted by atomic mass is 16.5. The van der Waals surface area contributed by atoms with E-state index in [-0.39, 0.29) is 6.10 Å². The zero-order chi connectivity index (χ0) is 13.0. The van der Waals surface area contributed by atoms with Gasteiger partial charge in [0, 0.05) is 19.1 Å². The minimum Gasteiger partial charge on any atom is -0.480 e. The molecule has 2 fully saturated rings. The van der Waals surface area contributed by atoms with Crippen molar-refractivity contribution < 1.29 is 14.6 Å². The molecule has 2 N–H and O–H groups in total. The largest absolute Gasteiger partial charge is 0.480 e. The normalized spacial score (nSPS) is 32.4. The second-order valence-corrected chi connectivity index (χ2v) is 5.75. The molecule has 2 aliphatic carbocycles. The molecule has 0 aromatic heterocycles. The lowest BCUT2D eigenvalue weighted by atomic mass is 9.80. The molecule has 2 unspecified atom stereocenters. The minimum atomic E-state index is -0.726. The molecule has 2 saturated carbocycles. The SMILES string of the molecule is CCCCOC1CCCC(NC2CC2)(C(=O)O)C1. The molecule has 4 heteroatoms. The lowest BCUT2D eigenvalue weighted by Crippen LogP contribution is -2.57. The summed E-state index contributed by atoms with van der Waals surface area (Å²) >= 11 is 0. The molecular formula is C14H25NO3. The summed E-state index contributed by atoms with van der Waals surface area (Å²) in [6, 6.07) is 0.426. The van der Waals surface area contributed by atoms with Crippen molar-refractivity contribution in [1.29, 1.82) is 0 Å². The average Bonchev–Trinajstić information content (AvgIpc) is 3.13. The van der Waals surface area contributed by atoms with Gasteiger partial charge in [0.05, 0.1) is 6.10 Å². The fourth-order valence-corrected chi connectivity index (χ4v) is 2.77. The van der Waals surface area contributed by atoms with Crippen molar-refractivity contribution >= 4 is 5.97 Å². The molecule has 2 aliphatic rings. The van der Waals surface area contributed by atoms with Crippen LogP contribution in [-0.2, 0) is 9.53 Å². The Bertz CT molecular complexity index is 291. The number of unbranched alkanes of at least 4 members (excludes halogenated alkanes) is 1. The van der Waals surface area contributed by atoms with E-state index in [4.69, 9.17) is 4.74 Å². The van der Waals surface area contributed by atoms with Gasteiger partial charge in [-0.1, -0.05) is 13.3 Å². The Morgan fingerprint density at radius 2 is 2.22 bits per heavy atom. The van der Waals surface area contributed by atoms with Gasteiger partial charge in [0.15, 0.2) is 0 Å². The van der Waals surface area contributed by atoms with Crippen LogP contribution in [0.15, 0.2) is 0 Å². The van der Waals surface area contributed by atoms with Gasteiger partial charge in [-0.25, -0.2) is 0 Å². The average molecular weight is 255 g/mol. The Balaban J connectivity index is 1.90. The number of hydrogen-bond acceptors (Lipinski definition) is 3. The van der Waals surface area contributed by atoms with Gasteiger partial charge in [-0.2, -0.15) is 0 Å². The molecule has 0 spiro atoms. The van der Waals surface area contributed by atoms with E-state index in [1.807, 2.05) is 0 Å². The van der Waals surface area contributed by atoms with Crippen molar-refractivity contribution in [3.63, 3.8) is 0 Å². The molecule has 0 aromatic carbocycles. The molecule has 0 saturated heterocycles. The number of aliphatic carboxylic acids is 1. The van der Waals surface area contributed by atoms with Gasteiger partial charge >= 0.3 is 5.97 Å². The van der Waals surface area contributed by atoms with Crippen LogP contribution in [0.3, 0.4) is 0 Å². The summed E-state index contributed by atoms with van der Waals surface area (Å²) < 4.78 is 5.83. The molecule has 2 rings (SSSR count). The molecule has 0 aromatic rings. The van der Waals surface area contributed by atoms with E-state index >= 15 is 0 Å². The third-order valence-electron chi connectivity index (χ3n) is 4.02. The molecule has 0 heterocycles. The number of nitrogens with one attached hydrogen (secondary N) is 1. The number of hydrogen-bond donors (Lipinski definition) is 2. The zero-order valence-corrected chi connectivity index (χ0v) is 11.3. The fraction of sp³-hybridized carbons (Fsp3) is 0.929. The van der Waals surface area contributed by atoms with E-state index in [9.17, 15) is 9.90 Å². The summed E-state index contributed by atoms with van der Waals surface area (Å²) in [6.07, 6.45) is 7.87. The van der Waals surface area contributed by atoms with Crippen molar-refractivity contribution in [1.82, 2.24) is 5.32 Å². The van der Waals surface area contributed by atoms with Crippen molar-refractivity contribution in [2.45, 2.75) is 76.0 Å². The maximum absolute atomic E-state index is 11.6. The summed E-state index contributed by atoms with van der Waals surface area (Å²) in [6.45, 7) is 2.90. The van der Waals surface area contributed by atoms with Crippen LogP contribution in [0.2, 0.25) is 0 Å². The standard InChI is InChI=1S/C14H25NO3/c1-2-3-9-18-12-5-4-8-14(10-12,13(16)17)15-11-6-7-11/h11-12,15H,2-10H2,1H3,(H,16,17). The molecule has 4 nitrogen and oxygen atoms in total. The van der Waals surface area contributed by atoms with Gasteiger partial charge in [-0.05, 0) is 38.5 Å². The van der Waals surface area contributed by atoms with Gasteiger partial charge in [-0.3, -0.25) is 10.1 Å². The Kier molecular flexibility index (Phi) is 4.62. The van der Waals surface area contributed by atoms with Crippen LogP contribution in [-0.4, -0.2) is 35.4 Å². The van der Waals surface area contributed by atoms with Crippen LogP contribution in [0.4, 0.5) is 0 Å². The lowest BCUT2D eigenvalue weighted by Gasteiger charge is -2.38. The Hall–Kier alpha value is -0.610. The van der Waals surface area contributed by atoms with Gasteiger partial charge < -0.3 is 9.84 Å². The topological polar surface area (TPSA) is 58.6 Å². The second-order valence-electron chi connectivity index (χ2n) is 5.75. The van der Waals surface area contributed by atoms with Crippen LogP contribution >= 0.6 is 0 Å². The summed E-state index contributed by atoms with van der Waals surface area (Å²) in [5.41, 5.74) is -0.726. The molecule has 0 aliphatic heterocycles. The molecule has 2 atom stereocenters. The number of carboxylic acid groups (broad SMARTS) is 1. The summed E-state index contributed by atoms with van der Waals surface area (Å²) in [5, 5.41) is 12.9. The van der Waals surface area contributed by atoms with E-state index in [2.05, 4.69) is 12.2 Å². The van der Waals surface area contributed by atoms with Gasteiger partial charge in [0.25, 0.3) is 0 Å². The van der Waals surface area contributed by atoms with Crippen LogP contribution in [0.25, 0.3) is 0 Å². The summed E-state index contributed by atoms with van der Waals surface area (Å²) in [5.74, 6) is -0.696. The minimum absolute atomic E-state index is 0.118. The maximum atomic E-state index is 11.6. The number of carboxylic acids is 1. The van der Waals surface area contributed by atoms with E-state index in [0.29, 0.717) is 12.5 Å². The molecule has 18 heavy (non-hydrogen) atoms. The highest BCUT2D eigenvalue weighted by Crippen LogP contribution is 2.34. The number of rotatable bonds is 7. The summed E-state index contributed by atoms with van der Waals surface area (Å²) in [7, 11) is 0. The smallest absolute Gasteiger partial charge is 0.324 e. The molecule has 104 valence electrons. The maximum Gasteiger partial charge on any atom is 0.324 e. The third kappa shape index (κ3) is 3.45. The quantitative estimate of drug-likeness (QED) is 0.685. The predicted octanol–water partition coefficient (Wildman–Crippen LogP) is 2.32. The monoisotopic (exact) mass is 255 g/mol. The highest BCUT2D eigenvalue weighted by molar-refractivity contribution is 5.79. The molecule has 0 bridgehead atoms. The van der Waals surface area contributed by atoms with E-state index < -0.39 is 11.5 Å². The van der Waals surface area contributed by atoms with Gasteiger partial charge in [0.2, 0.25) is 0 Å². The van der Waals surface area contributed by atoms with E-state index in [1.165, 1.54) is 0 Å². The first-order chi connectivity index (χ1) is 8.66. The Morgan fingerprint density at radius 1 is 1.44 bits per heavy atom. The zero-order valence-electron chi connectivity index (χ0n) is 11.3. The van der Waals surface area contributed by atoms with E-state index in [1.54, 1.807) is 0 Å². The Morgan fingerprint density at radius 3 is 2.83 bits per heavy atom.